The standard InChI is InChI=1S/C23H27F3N2O2S/c24-19-4-3-18(22(25)17-19)9-14-27-15-10-23(26,11-16-27)31(29,30)21-7-5-20(6-8-21)28-12-1-2-13-28/h3-8,17H,1-2,9-16H2. The van der Waals surface area contributed by atoms with Crippen molar-refractivity contribution in [3.63, 3.8) is 0 Å². The third-order valence-corrected chi connectivity index (χ3v) is 8.68. The second kappa shape index (κ2) is 8.82. The number of piperidine rings is 1. The van der Waals surface area contributed by atoms with Crippen molar-refractivity contribution in [3.8, 4) is 0 Å². The predicted molar refractivity (Wildman–Crippen MR) is 115 cm³/mol. The normalized spacial score (nSPS) is 19.6. The third-order valence-electron chi connectivity index (χ3n) is 6.42. The molecule has 2 heterocycles. The van der Waals surface area contributed by atoms with Crippen molar-refractivity contribution in [2.45, 2.75) is 42.0 Å². The van der Waals surface area contributed by atoms with E-state index in [4.69, 9.17) is 0 Å². The number of alkyl halides is 1. The van der Waals surface area contributed by atoms with Crippen molar-refractivity contribution in [3.05, 3.63) is 59.7 Å². The van der Waals surface area contributed by atoms with Gasteiger partial charge in [0, 0.05) is 57.3 Å². The van der Waals surface area contributed by atoms with Crippen LogP contribution in [0.15, 0.2) is 47.4 Å². The zero-order valence-electron chi connectivity index (χ0n) is 17.4. The molecule has 4 nitrogen and oxygen atoms in total. The Morgan fingerprint density at radius 2 is 1.55 bits per heavy atom. The van der Waals surface area contributed by atoms with Crippen LogP contribution in [0.2, 0.25) is 0 Å². The van der Waals surface area contributed by atoms with Gasteiger partial charge in [0.25, 0.3) is 0 Å². The summed E-state index contributed by atoms with van der Waals surface area (Å²) in [6.07, 6.45) is 2.34. The van der Waals surface area contributed by atoms with Crippen LogP contribution in [0, 0.1) is 11.6 Å². The summed E-state index contributed by atoms with van der Waals surface area (Å²) in [5.74, 6) is -1.23. The molecule has 8 heteroatoms. The van der Waals surface area contributed by atoms with Gasteiger partial charge in [0.1, 0.15) is 11.6 Å². The molecule has 4 rings (SSSR count). The van der Waals surface area contributed by atoms with E-state index in [-0.39, 0.29) is 30.8 Å². The van der Waals surface area contributed by atoms with E-state index in [2.05, 4.69) is 4.90 Å². The molecular formula is C23H27F3N2O2S. The molecule has 2 aromatic rings. The Hall–Kier alpha value is -2.06. The fraction of sp³-hybridized carbons (Fsp3) is 0.478. The minimum Gasteiger partial charge on any atom is -0.372 e. The summed E-state index contributed by atoms with van der Waals surface area (Å²) in [5, 5.41) is -2.31. The molecule has 2 saturated heterocycles. The number of benzene rings is 2. The topological polar surface area (TPSA) is 40.6 Å². The fourth-order valence-corrected chi connectivity index (χ4v) is 6.04. The van der Waals surface area contributed by atoms with Crippen molar-refractivity contribution < 1.29 is 21.6 Å². The minimum absolute atomic E-state index is 0.0137. The van der Waals surface area contributed by atoms with Gasteiger partial charge >= 0.3 is 0 Å². The Balaban J connectivity index is 1.37. The van der Waals surface area contributed by atoms with E-state index in [0.717, 1.165) is 37.7 Å². The van der Waals surface area contributed by atoms with E-state index in [1.165, 1.54) is 24.3 Å². The quantitative estimate of drug-likeness (QED) is 0.654. The van der Waals surface area contributed by atoms with Crippen molar-refractivity contribution in [1.82, 2.24) is 4.90 Å². The summed E-state index contributed by atoms with van der Waals surface area (Å²) in [6.45, 7) is 2.91. The van der Waals surface area contributed by atoms with Gasteiger partial charge < -0.3 is 9.80 Å². The molecule has 0 amide bonds. The maximum Gasteiger partial charge on any atom is 0.217 e. The van der Waals surface area contributed by atoms with Crippen LogP contribution in [0.1, 0.15) is 31.2 Å². The van der Waals surface area contributed by atoms with Crippen LogP contribution in [0.25, 0.3) is 0 Å². The first-order valence-corrected chi connectivity index (χ1v) is 12.2. The molecule has 2 fully saturated rings. The van der Waals surface area contributed by atoms with Crippen LogP contribution in [0.4, 0.5) is 18.9 Å². The van der Waals surface area contributed by atoms with E-state index >= 15 is 4.39 Å². The number of hydrogen-bond donors (Lipinski definition) is 0. The molecule has 168 valence electrons. The molecule has 2 aliphatic rings. The second-order valence-corrected chi connectivity index (χ2v) is 10.6. The second-order valence-electron chi connectivity index (χ2n) is 8.40. The molecular weight excluding hydrogens is 425 g/mol. The zero-order chi connectivity index (χ0) is 22.1. The fourth-order valence-electron chi connectivity index (χ4n) is 4.40. The first-order chi connectivity index (χ1) is 14.8. The van der Waals surface area contributed by atoms with Gasteiger partial charge in [-0.1, -0.05) is 6.07 Å². The first-order valence-electron chi connectivity index (χ1n) is 10.7. The Morgan fingerprint density at radius 1 is 0.903 bits per heavy atom. The van der Waals surface area contributed by atoms with E-state index in [1.807, 2.05) is 4.90 Å². The molecule has 0 atom stereocenters. The smallest absolute Gasteiger partial charge is 0.217 e. The summed E-state index contributed by atoms with van der Waals surface area (Å²) >= 11 is 0. The molecule has 0 aromatic heterocycles. The Bertz CT molecular complexity index is 1010. The molecule has 2 aliphatic heterocycles. The maximum atomic E-state index is 15.6. The largest absolute Gasteiger partial charge is 0.372 e. The summed E-state index contributed by atoms with van der Waals surface area (Å²) in [7, 11) is -4.12. The SMILES string of the molecule is O=S(=O)(c1ccc(N2CCCC2)cc1)C1(F)CCN(CCc2ccc(F)cc2F)CC1. The average Bonchev–Trinajstić information content (AvgIpc) is 3.29. The molecule has 0 aliphatic carbocycles. The van der Waals surface area contributed by atoms with Crippen LogP contribution in [0.3, 0.4) is 0 Å². The van der Waals surface area contributed by atoms with E-state index < -0.39 is 26.5 Å². The molecule has 0 radical (unpaired) electrons. The van der Waals surface area contributed by atoms with Crippen molar-refractivity contribution in [2.24, 2.45) is 0 Å². The van der Waals surface area contributed by atoms with Crippen LogP contribution in [0.5, 0.6) is 0 Å². The monoisotopic (exact) mass is 452 g/mol. The van der Waals surface area contributed by atoms with Crippen LogP contribution in [-0.4, -0.2) is 51.0 Å². The predicted octanol–water partition coefficient (Wildman–Crippen LogP) is 4.34. The molecule has 0 unspecified atom stereocenters. The number of hydrogen-bond acceptors (Lipinski definition) is 4. The van der Waals surface area contributed by atoms with Gasteiger partial charge in [0.2, 0.25) is 14.8 Å². The van der Waals surface area contributed by atoms with Gasteiger partial charge in [-0.15, -0.1) is 0 Å². The molecule has 0 spiro atoms. The Labute approximate surface area is 181 Å². The maximum absolute atomic E-state index is 15.6. The molecule has 0 saturated carbocycles. The highest BCUT2D eigenvalue weighted by Crippen LogP contribution is 2.37. The number of anilines is 1. The molecule has 0 bridgehead atoms. The summed E-state index contributed by atoms with van der Waals surface area (Å²) < 4.78 is 68.4. The van der Waals surface area contributed by atoms with Crippen LogP contribution < -0.4 is 4.90 Å². The lowest BCUT2D eigenvalue weighted by Gasteiger charge is -2.36. The first kappa shape index (κ1) is 22.1. The molecule has 31 heavy (non-hydrogen) atoms. The van der Waals surface area contributed by atoms with Gasteiger partial charge in [-0.2, -0.15) is 0 Å². The number of nitrogens with zero attached hydrogens (tertiary/aromatic N) is 2. The highest BCUT2D eigenvalue weighted by Gasteiger charge is 2.47. The van der Waals surface area contributed by atoms with Gasteiger partial charge in [-0.25, -0.2) is 21.6 Å². The summed E-state index contributed by atoms with van der Waals surface area (Å²) in [5.41, 5.74) is 1.36. The number of likely N-dealkylation sites (tertiary alicyclic amines) is 1. The van der Waals surface area contributed by atoms with Crippen molar-refractivity contribution >= 4 is 15.5 Å². The Morgan fingerprint density at radius 3 is 2.16 bits per heavy atom. The third kappa shape index (κ3) is 4.60. The van der Waals surface area contributed by atoms with E-state index in [0.29, 0.717) is 18.5 Å². The van der Waals surface area contributed by atoms with Crippen molar-refractivity contribution in [1.29, 1.82) is 0 Å². The highest BCUT2D eigenvalue weighted by molar-refractivity contribution is 7.92. The molecule has 2 aromatic carbocycles. The van der Waals surface area contributed by atoms with E-state index in [1.54, 1.807) is 12.1 Å². The molecule has 0 N–H and O–H groups in total. The van der Waals surface area contributed by atoms with Gasteiger partial charge in [0.05, 0.1) is 4.90 Å². The van der Waals surface area contributed by atoms with Crippen molar-refractivity contribution in [2.75, 3.05) is 37.6 Å². The number of halogens is 3. The average molecular weight is 453 g/mol. The highest BCUT2D eigenvalue weighted by atomic mass is 32.2. The zero-order valence-corrected chi connectivity index (χ0v) is 18.2. The summed E-state index contributed by atoms with van der Waals surface area (Å²) in [4.78, 5) is 4.14. The van der Waals surface area contributed by atoms with Gasteiger partial charge in [-0.3, -0.25) is 0 Å². The minimum atomic E-state index is -4.12. The lowest BCUT2D eigenvalue weighted by Crippen LogP contribution is -2.46. The number of rotatable bonds is 6. The lowest BCUT2D eigenvalue weighted by atomic mass is 10.1. The van der Waals surface area contributed by atoms with Crippen LogP contribution >= 0.6 is 0 Å². The van der Waals surface area contributed by atoms with E-state index in [9.17, 15) is 17.2 Å². The van der Waals surface area contributed by atoms with Crippen LogP contribution in [-0.2, 0) is 16.3 Å². The lowest BCUT2D eigenvalue weighted by molar-refractivity contribution is 0.120. The number of sulfone groups is 1. The van der Waals surface area contributed by atoms with Gasteiger partial charge in [-0.05, 0) is 55.2 Å². The summed E-state index contributed by atoms with van der Waals surface area (Å²) in [6, 6.07) is 10.00. The van der Waals surface area contributed by atoms with Gasteiger partial charge in [0.15, 0.2) is 0 Å². The Kier molecular flexibility index (Phi) is 6.30.